The molecule has 2 aliphatic rings. The van der Waals surface area contributed by atoms with Crippen LogP contribution in [0.5, 0.6) is 5.75 Å². The number of carboxylic acids is 1. The van der Waals surface area contributed by atoms with Gasteiger partial charge in [-0.15, -0.1) is 0 Å². The Morgan fingerprint density at radius 3 is 2.73 bits per heavy atom. The summed E-state index contributed by atoms with van der Waals surface area (Å²) in [5, 5.41) is 21.3. The number of benzene rings is 2. The molecule has 1 atom stereocenters. The summed E-state index contributed by atoms with van der Waals surface area (Å²) in [6, 6.07) is 9.27. The van der Waals surface area contributed by atoms with E-state index < -0.39 is 28.3 Å². The molecule has 0 aromatic heterocycles. The molecule has 0 saturated carbocycles. The maximum absolute atomic E-state index is 11.5. The van der Waals surface area contributed by atoms with Crippen molar-refractivity contribution >= 4 is 23.3 Å². The lowest BCUT2D eigenvalue weighted by Crippen LogP contribution is -2.47. The predicted molar refractivity (Wildman–Crippen MR) is 107 cm³/mol. The maximum Gasteiger partial charge on any atom is 0.335 e. The van der Waals surface area contributed by atoms with Crippen molar-refractivity contribution in [2.45, 2.75) is 31.0 Å². The molecule has 1 heterocycles. The van der Waals surface area contributed by atoms with E-state index in [2.05, 4.69) is 0 Å². The van der Waals surface area contributed by atoms with E-state index in [1.807, 2.05) is 12.1 Å². The Labute approximate surface area is 177 Å². The van der Waals surface area contributed by atoms with Crippen LogP contribution in [0.1, 0.15) is 34.3 Å². The molecule has 2 aromatic rings. The van der Waals surface area contributed by atoms with Gasteiger partial charge in [0.1, 0.15) is 6.61 Å². The molecule has 1 fully saturated rings. The number of nitro groups is 1. The Hall–Kier alpha value is -2.68. The van der Waals surface area contributed by atoms with E-state index in [-0.39, 0.29) is 17.9 Å². The smallest absolute Gasteiger partial charge is 0.335 e. The highest BCUT2D eigenvalue weighted by atomic mass is 35.5. The lowest BCUT2D eigenvalue weighted by molar-refractivity contribution is -0.386. The summed E-state index contributed by atoms with van der Waals surface area (Å²) in [4.78, 5) is 22.0. The Balaban J connectivity index is 1.71. The lowest BCUT2D eigenvalue weighted by Gasteiger charge is -2.41. The summed E-state index contributed by atoms with van der Waals surface area (Å²) in [6.45, 7) is 1.01. The number of halogens is 1. The molecule has 4 rings (SSSR count). The number of nitro benzene ring substituents is 1. The third-order valence-corrected chi connectivity index (χ3v) is 5.87. The van der Waals surface area contributed by atoms with E-state index in [0.717, 1.165) is 30.0 Å². The van der Waals surface area contributed by atoms with Crippen LogP contribution in [0.15, 0.2) is 36.4 Å². The number of fused-ring (bicyclic) bond motifs is 1. The molecule has 0 amide bonds. The fourth-order valence-corrected chi connectivity index (χ4v) is 4.44. The highest BCUT2D eigenvalue weighted by Gasteiger charge is 2.48. The van der Waals surface area contributed by atoms with Gasteiger partial charge in [0, 0.05) is 11.1 Å². The highest BCUT2D eigenvalue weighted by Crippen LogP contribution is 2.44. The zero-order chi connectivity index (χ0) is 21.3. The molecule has 2 aromatic carbocycles. The predicted octanol–water partition coefficient (Wildman–Crippen LogP) is 3.97. The van der Waals surface area contributed by atoms with Crippen LogP contribution >= 0.6 is 11.6 Å². The van der Waals surface area contributed by atoms with Gasteiger partial charge in [0.15, 0.2) is 12.0 Å². The molecule has 0 spiro atoms. The van der Waals surface area contributed by atoms with E-state index in [1.54, 1.807) is 6.07 Å². The van der Waals surface area contributed by atoms with E-state index in [1.165, 1.54) is 12.1 Å². The van der Waals surface area contributed by atoms with E-state index >= 15 is 0 Å². The number of aryl methyl sites for hydroxylation is 1. The molecule has 1 aliphatic heterocycles. The van der Waals surface area contributed by atoms with Crippen LogP contribution in [0, 0.1) is 10.1 Å². The van der Waals surface area contributed by atoms with Crippen LogP contribution in [0.25, 0.3) is 0 Å². The van der Waals surface area contributed by atoms with Gasteiger partial charge in [-0.1, -0.05) is 17.7 Å². The first-order valence-electron chi connectivity index (χ1n) is 9.57. The van der Waals surface area contributed by atoms with Crippen molar-refractivity contribution in [2.24, 2.45) is 0 Å². The Morgan fingerprint density at radius 1 is 1.27 bits per heavy atom. The van der Waals surface area contributed by atoms with Gasteiger partial charge in [-0.25, -0.2) is 4.79 Å². The highest BCUT2D eigenvalue weighted by molar-refractivity contribution is 6.30. The molecule has 1 N–H and O–H groups in total. The van der Waals surface area contributed by atoms with Crippen molar-refractivity contribution in [1.29, 1.82) is 0 Å². The van der Waals surface area contributed by atoms with Crippen molar-refractivity contribution in [1.82, 2.24) is 0 Å². The second-order valence-corrected chi connectivity index (χ2v) is 7.85. The van der Waals surface area contributed by atoms with Crippen LogP contribution in [0.2, 0.25) is 5.02 Å². The number of aromatic carboxylic acids is 1. The van der Waals surface area contributed by atoms with E-state index in [9.17, 15) is 14.9 Å². The second-order valence-electron chi connectivity index (χ2n) is 7.42. The van der Waals surface area contributed by atoms with Gasteiger partial charge in [-0.3, -0.25) is 10.1 Å². The molecule has 0 bridgehead atoms. The Morgan fingerprint density at radius 2 is 2.03 bits per heavy atom. The fraction of sp³-hybridized carbons (Fsp3) is 0.381. The summed E-state index contributed by atoms with van der Waals surface area (Å²) in [5.74, 6) is -1.24. The molecule has 9 heteroatoms. The van der Waals surface area contributed by atoms with Gasteiger partial charge in [-0.05, 0) is 54.7 Å². The van der Waals surface area contributed by atoms with Gasteiger partial charge in [0.05, 0.1) is 29.1 Å². The molecule has 0 radical (unpaired) electrons. The van der Waals surface area contributed by atoms with Crippen molar-refractivity contribution in [3.8, 4) is 5.75 Å². The SMILES string of the molecule is O=C(O)c1ccc(OC[C@@]2(C3OCCO3)CCCc3cc(Cl)ccc32)c([N+](=O)[O-])c1. The summed E-state index contributed by atoms with van der Waals surface area (Å²) >= 11 is 6.18. The van der Waals surface area contributed by atoms with Crippen molar-refractivity contribution in [3.63, 3.8) is 0 Å². The van der Waals surface area contributed by atoms with Crippen LogP contribution in [0.3, 0.4) is 0 Å². The summed E-state index contributed by atoms with van der Waals surface area (Å²) in [7, 11) is 0. The molecular formula is C21H20ClNO7. The first-order valence-corrected chi connectivity index (χ1v) is 9.95. The topological polar surface area (TPSA) is 108 Å². The third kappa shape index (κ3) is 3.74. The van der Waals surface area contributed by atoms with Crippen LogP contribution < -0.4 is 4.74 Å². The van der Waals surface area contributed by atoms with Crippen LogP contribution in [0.4, 0.5) is 5.69 Å². The first kappa shape index (κ1) is 20.6. The van der Waals surface area contributed by atoms with Crippen LogP contribution in [-0.2, 0) is 21.3 Å². The number of ether oxygens (including phenoxy) is 3. The number of hydrogen-bond donors (Lipinski definition) is 1. The Bertz CT molecular complexity index is 989. The van der Waals surface area contributed by atoms with Gasteiger partial charge < -0.3 is 19.3 Å². The van der Waals surface area contributed by atoms with Crippen molar-refractivity contribution < 1.29 is 29.0 Å². The minimum absolute atomic E-state index is 0.00320. The average Bonchev–Trinajstić information content (AvgIpc) is 3.27. The molecule has 1 aliphatic carbocycles. The summed E-state index contributed by atoms with van der Waals surface area (Å²) < 4.78 is 17.7. The maximum atomic E-state index is 11.5. The van der Waals surface area contributed by atoms with Gasteiger partial charge in [-0.2, -0.15) is 0 Å². The van der Waals surface area contributed by atoms with Gasteiger partial charge in [0.25, 0.3) is 0 Å². The molecule has 8 nitrogen and oxygen atoms in total. The van der Waals surface area contributed by atoms with Gasteiger partial charge >= 0.3 is 11.7 Å². The molecule has 30 heavy (non-hydrogen) atoms. The standard InChI is InChI=1S/C21H20ClNO7/c22-15-4-5-16-13(10-15)2-1-7-21(16,20-28-8-9-29-20)12-30-18-6-3-14(19(24)25)11-17(18)23(26)27/h3-6,10-11,20H,1-2,7-9,12H2,(H,24,25)/t21-/m0/s1. The molecule has 0 unspecified atom stereocenters. The second kappa shape index (κ2) is 8.22. The number of hydrogen-bond acceptors (Lipinski definition) is 6. The monoisotopic (exact) mass is 433 g/mol. The van der Waals surface area contributed by atoms with E-state index in [0.29, 0.717) is 24.7 Å². The minimum atomic E-state index is -1.24. The normalized spacial score (nSPS) is 21.2. The summed E-state index contributed by atoms with van der Waals surface area (Å²) in [6.07, 6.45) is 1.89. The number of carbonyl (C=O) groups is 1. The third-order valence-electron chi connectivity index (χ3n) is 5.63. The van der Waals surface area contributed by atoms with Crippen molar-refractivity contribution in [3.05, 3.63) is 68.2 Å². The Kier molecular flexibility index (Phi) is 5.64. The first-order chi connectivity index (χ1) is 14.4. The van der Waals surface area contributed by atoms with Crippen molar-refractivity contribution in [2.75, 3.05) is 19.8 Å². The lowest BCUT2D eigenvalue weighted by atomic mass is 9.69. The fourth-order valence-electron chi connectivity index (χ4n) is 4.25. The molecular weight excluding hydrogens is 414 g/mol. The zero-order valence-corrected chi connectivity index (χ0v) is 16.8. The number of nitrogens with zero attached hydrogens (tertiary/aromatic N) is 1. The van der Waals surface area contributed by atoms with Gasteiger partial charge in [0.2, 0.25) is 0 Å². The zero-order valence-electron chi connectivity index (χ0n) is 16.0. The summed E-state index contributed by atoms with van der Waals surface area (Å²) in [5.41, 5.74) is 0.838. The van der Waals surface area contributed by atoms with E-state index in [4.69, 9.17) is 30.9 Å². The number of carboxylic acid groups (broad SMARTS) is 1. The number of rotatable bonds is 6. The molecule has 1 saturated heterocycles. The minimum Gasteiger partial charge on any atom is -0.486 e. The largest absolute Gasteiger partial charge is 0.486 e. The molecule has 158 valence electrons. The quantitative estimate of drug-likeness (QED) is 0.542. The average molecular weight is 434 g/mol. The van der Waals surface area contributed by atoms with Crippen LogP contribution in [-0.4, -0.2) is 42.1 Å².